The first-order chi connectivity index (χ1) is 22.4. The van der Waals surface area contributed by atoms with Crippen LogP contribution < -0.4 is 9.47 Å². The van der Waals surface area contributed by atoms with Crippen molar-refractivity contribution in [1.29, 1.82) is 0 Å². The number of methoxy groups -OCH3 is 2. The van der Waals surface area contributed by atoms with Gasteiger partial charge in [-0.2, -0.15) is 0 Å². The number of phenols is 1. The van der Waals surface area contributed by atoms with Gasteiger partial charge in [-0.1, -0.05) is 35.5 Å². The van der Waals surface area contributed by atoms with Crippen LogP contribution in [-0.4, -0.2) is 76.6 Å². The fourth-order valence-corrected chi connectivity index (χ4v) is 8.11. The number of aromatic hydroxyl groups is 1. The molecule has 0 saturated carbocycles. The monoisotopic (exact) mass is 627 g/mol. The van der Waals surface area contributed by atoms with Crippen LogP contribution in [0.2, 0.25) is 0 Å². The van der Waals surface area contributed by atoms with Gasteiger partial charge in [0.05, 0.1) is 44.0 Å². The topological polar surface area (TPSA) is 136 Å². The third kappa shape index (κ3) is 3.53. The van der Waals surface area contributed by atoms with Gasteiger partial charge in [0.2, 0.25) is 11.4 Å². The highest BCUT2D eigenvalue weighted by molar-refractivity contribution is 6.11. The number of fused-ring (bicyclic) bond motifs is 8. The number of Topliss-reactive ketones (excluding diaryl/α,β-unsaturated/α-hetero) is 1. The van der Waals surface area contributed by atoms with E-state index in [4.69, 9.17) is 33.2 Å². The first kappa shape index (κ1) is 28.2. The molecule has 3 aromatic carbocycles. The number of hydrogen-bond donors (Lipinski definition) is 1. The highest BCUT2D eigenvalue weighted by Gasteiger charge is 2.91. The van der Waals surface area contributed by atoms with E-state index in [0.29, 0.717) is 59.3 Å². The summed E-state index contributed by atoms with van der Waals surface area (Å²) in [4.78, 5) is 13.1. The number of aromatic nitrogens is 3. The van der Waals surface area contributed by atoms with E-state index in [1.807, 2.05) is 49.5 Å². The molecule has 0 amide bonds. The Hall–Kier alpha value is -4.07. The fourth-order valence-electron chi connectivity index (χ4n) is 8.11. The summed E-state index contributed by atoms with van der Waals surface area (Å²) >= 11 is 0. The van der Waals surface area contributed by atoms with E-state index in [1.165, 1.54) is 0 Å². The molecule has 238 valence electrons. The number of benzene rings is 3. The molecule has 4 aliphatic heterocycles. The van der Waals surface area contributed by atoms with Gasteiger partial charge in [-0.05, 0) is 37.0 Å². The normalized spacial score (nSPS) is 30.0. The van der Waals surface area contributed by atoms with E-state index in [9.17, 15) is 9.90 Å². The summed E-state index contributed by atoms with van der Waals surface area (Å²) in [6.07, 6.45) is 2.25. The summed E-state index contributed by atoms with van der Waals surface area (Å²) in [5.74, 6) is -2.01. The van der Waals surface area contributed by atoms with Gasteiger partial charge in [0.15, 0.2) is 11.9 Å². The maximum absolute atomic E-state index is 13.1. The Balaban J connectivity index is 1.07. The van der Waals surface area contributed by atoms with Crippen LogP contribution in [0.25, 0.3) is 10.8 Å². The minimum Gasteiger partial charge on any atom is -0.506 e. The Morgan fingerprint density at radius 3 is 2.74 bits per heavy atom. The molecule has 1 spiro atoms. The maximum atomic E-state index is 13.1. The van der Waals surface area contributed by atoms with Crippen molar-refractivity contribution in [3.8, 4) is 17.2 Å². The number of aryl methyl sites for hydroxylation is 1. The summed E-state index contributed by atoms with van der Waals surface area (Å²) < 4.78 is 46.4. The van der Waals surface area contributed by atoms with Gasteiger partial charge in [0.1, 0.15) is 35.7 Å². The molecule has 46 heavy (non-hydrogen) atoms. The van der Waals surface area contributed by atoms with Crippen molar-refractivity contribution in [2.24, 2.45) is 0 Å². The van der Waals surface area contributed by atoms with Gasteiger partial charge in [0, 0.05) is 30.0 Å². The number of nitrogens with zero attached hydrogens (tertiary/aromatic N) is 3. The Morgan fingerprint density at radius 1 is 1.15 bits per heavy atom. The minimum atomic E-state index is -1.40. The lowest BCUT2D eigenvalue weighted by Gasteiger charge is -2.48. The average molecular weight is 628 g/mol. The predicted octanol–water partition coefficient (Wildman–Crippen LogP) is 3.91. The summed E-state index contributed by atoms with van der Waals surface area (Å²) in [5, 5.41) is 21.3. The van der Waals surface area contributed by atoms with Crippen molar-refractivity contribution < 1.29 is 43.1 Å². The molecular weight excluding hydrogens is 594 g/mol. The predicted molar refractivity (Wildman–Crippen MR) is 160 cm³/mol. The number of carbonyl (C=O) groups is 1. The third-order valence-electron chi connectivity index (χ3n) is 10.2. The van der Waals surface area contributed by atoms with Gasteiger partial charge in [-0.25, -0.2) is 4.68 Å². The van der Waals surface area contributed by atoms with Crippen molar-refractivity contribution >= 4 is 16.6 Å². The minimum absolute atomic E-state index is 0.0308. The van der Waals surface area contributed by atoms with Crippen LogP contribution in [0.5, 0.6) is 17.2 Å². The van der Waals surface area contributed by atoms with Gasteiger partial charge in [-0.15, -0.1) is 5.10 Å². The first-order valence-corrected chi connectivity index (χ1v) is 15.5. The lowest BCUT2D eigenvalue weighted by Crippen LogP contribution is -2.68. The summed E-state index contributed by atoms with van der Waals surface area (Å²) in [7, 11) is 3.14. The summed E-state index contributed by atoms with van der Waals surface area (Å²) in [6, 6.07) is 12.0. The number of epoxide rings is 1. The van der Waals surface area contributed by atoms with Crippen molar-refractivity contribution in [3.05, 3.63) is 76.1 Å². The molecule has 12 heteroatoms. The molecule has 2 bridgehead atoms. The van der Waals surface area contributed by atoms with Gasteiger partial charge >= 0.3 is 0 Å². The smallest absolute Gasteiger partial charge is 0.276 e. The highest BCUT2D eigenvalue weighted by Crippen LogP contribution is 2.71. The van der Waals surface area contributed by atoms with Crippen molar-refractivity contribution in [2.75, 3.05) is 27.4 Å². The van der Waals surface area contributed by atoms with E-state index in [-0.39, 0.29) is 36.9 Å². The van der Waals surface area contributed by atoms with Crippen molar-refractivity contribution in [1.82, 2.24) is 15.0 Å². The SMILES string of the molecule is COc1c2c(c(O)c3c4c(c(C)cc13)C1OC3(COCc5cn(Cc6ccccc6)nn5)OC1[C@@](OC)(O4)[C@@]31CO1)C(=O)CCC2. The fraction of sp³-hybridized carbons (Fsp3) is 0.441. The molecule has 0 radical (unpaired) electrons. The molecule has 5 aliphatic rings. The standard InChI is InChI=1S/C34H33N3O9/c1-18-12-22-26(27(39)25-21(28(22)40-2)10-7-11-23(25)38)29-24(18)30-31-34(41-3,45-29)32(16-43-32)33(44-30,46-31)17-42-15-20-14-37(36-35-20)13-19-8-5-4-6-9-19/h4-6,8-9,12,14,30-31,39H,7,10-11,13,15-17H2,1-3H3/t30?,31?,32-,33?,34-/m1/s1. The Kier molecular flexibility index (Phi) is 5.96. The van der Waals surface area contributed by atoms with Crippen LogP contribution in [0, 0.1) is 6.92 Å². The highest BCUT2D eigenvalue weighted by atomic mass is 16.9. The number of hydrogen-bond acceptors (Lipinski definition) is 11. The molecule has 5 heterocycles. The zero-order valence-electron chi connectivity index (χ0n) is 25.7. The Labute approximate surface area is 264 Å². The molecular formula is C34H33N3O9. The second-order valence-corrected chi connectivity index (χ2v) is 12.7. The Bertz CT molecular complexity index is 1920. The molecule has 1 aromatic heterocycles. The molecule has 9 rings (SSSR count). The zero-order chi connectivity index (χ0) is 31.4. The molecule has 4 aromatic rings. The van der Waals surface area contributed by atoms with E-state index in [1.54, 1.807) is 18.9 Å². The number of ether oxygens (including phenoxy) is 7. The third-order valence-corrected chi connectivity index (χ3v) is 10.2. The lowest BCUT2D eigenvalue weighted by molar-refractivity contribution is -0.297. The van der Waals surface area contributed by atoms with Crippen LogP contribution in [-0.2, 0) is 43.3 Å². The zero-order valence-corrected chi connectivity index (χ0v) is 25.7. The van der Waals surface area contributed by atoms with Crippen LogP contribution in [0.3, 0.4) is 0 Å². The first-order valence-electron chi connectivity index (χ1n) is 15.5. The number of carbonyl (C=O) groups excluding carboxylic acids is 1. The quantitative estimate of drug-likeness (QED) is 0.285. The lowest BCUT2D eigenvalue weighted by atomic mass is 9.78. The molecule has 3 fully saturated rings. The summed E-state index contributed by atoms with van der Waals surface area (Å²) in [5.41, 5.74) is 3.25. The molecule has 3 saturated heterocycles. The molecule has 1 N–H and O–H groups in total. The van der Waals surface area contributed by atoms with Crippen LogP contribution in [0.15, 0.2) is 42.6 Å². The van der Waals surface area contributed by atoms with E-state index >= 15 is 0 Å². The van der Waals surface area contributed by atoms with Crippen molar-refractivity contribution in [2.45, 2.75) is 68.7 Å². The molecule has 5 atom stereocenters. The van der Waals surface area contributed by atoms with E-state index < -0.39 is 29.4 Å². The van der Waals surface area contributed by atoms with Gasteiger partial charge in [-0.3, -0.25) is 4.79 Å². The summed E-state index contributed by atoms with van der Waals surface area (Å²) in [6.45, 7) is 3.03. The Morgan fingerprint density at radius 2 is 1.98 bits per heavy atom. The number of ketones is 1. The van der Waals surface area contributed by atoms with Crippen LogP contribution >= 0.6 is 0 Å². The van der Waals surface area contributed by atoms with Crippen molar-refractivity contribution in [3.63, 3.8) is 0 Å². The number of rotatable bonds is 8. The maximum Gasteiger partial charge on any atom is 0.276 e. The van der Waals surface area contributed by atoms with Gasteiger partial charge in [0.25, 0.3) is 5.79 Å². The van der Waals surface area contributed by atoms with E-state index in [0.717, 1.165) is 16.7 Å². The second kappa shape index (κ2) is 9.72. The van der Waals surface area contributed by atoms with Crippen LogP contribution in [0.4, 0.5) is 0 Å². The molecule has 1 aliphatic carbocycles. The number of phenolic OH excluding ortho intramolecular Hbond substituents is 1. The largest absolute Gasteiger partial charge is 0.506 e. The van der Waals surface area contributed by atoms with Crippen LogP contribution in [0.1, 0.15) is 57.3 Å². The molecule has 3 unspecified atom stereocenters. The average Bonchev–Trinajstić information content (AvgIpc) is 3.52. The second-order valence-electron chi connectivity index (χ2n) is 12.7. The molecule has 12 nitrogen and oxygen atoms in total. The van der Waals surface area contributed by atoms with Gasteiger partial charge < -0.3 is 38.3 Å². The van der Waals surface area contributed by atoms with E-state index in [2.05, 4.69) is 10.3 Å².